The van der Waals surface area contributed by atoms with Gasteiger partial charge in [0, 0.05) is 18.8 Å². The van der Waals surface area contributed by atoms with Gasteiger partial charge in [-0.15, -0.1) is 11.6 Å². The number of carbonyl (C=O) groups is 2. The van der Waals surface area contributed by atoms with Gasteiger partial charge in [-0.1, -0.05) is 6.07 Å². The number of aryl methyl sites for hydroxylation is 1. The molecule has 6 heteroatoms. The highest BCUT2D eigenvalue weighted by atomic mass is 35.5. The third-order valence-corrected chi connectivity index (χ3v) is 2.75. The van der Waals surface area contributed by atoms with E-state index in [4.69, 9.17) is 11.6 Å². The minimum Gasteiger partial charge on any atom is -0.337 e. The maximum Gasteiger partial charge on any atom is 0.321 e. The van der Waals surface area contributed by atoms with Gasteiger partial charge in [0.1, 0.15) is 5.82 Å². The van der Waals surface area contributed by atoms with Gasteiger partial charge in [-0.3, -0.25) is 10.1 Å². The molecule has 0 fully saturated rings. The minimum atomic E-state index is -0.546. The molecule has 0 aliphatic heterocycles. The van der Waals surface area contributed by atoms with E-state index in [1.165, 1.54) is 12.1 Å². The van der Waals surface area contributed by atoms with Crippen molar-refractivity contribution in [3.05, 3.63) is 35.1 Å². The highest BCUT2D eigenvalue weighted by Gasteiger charge is 2.06. The number of benzene rings is 1. The van der Waals surface area contributed by atoms with Crippen molar-refractivity contribution in [3.8, 4) is 0 Å². The molecular weight excluding hydrogens is 271 g/mol. The van der Waals surface area contributed by atoms with E-state index in [-0.39, 0.29) is 18.1 Å². The maximum atomic E-state index is 12.9. The van der Waals surface area contributed by atoms with E-state index in [2.05, 4.69) is 10.6 Å². The molecule has 1 aromatic rings. The summed E-state index contributed by atoms with van der Waals surface area (Å²) in [6.45, 7) is 2.18. The van der Waals surface area contributed by atoms with Crippen molar-refractivity contribution in [3.63, 3.8) is 0 Å². The fraction of sp³-hybridized carbons (Fsp3) is 0.385. The molecule has 0 saturated heterocycles. The second-order valence-corrected chi connectivity index (χ2v) is 4.44. The summed E-state index contributed by atoms with van der Waals surface area (Å²) in [6.07, 6.45) is 0.676. The lowest BCUT2D eigenvalue weighted by molar-refractivity contribution is -0.119. The number of halogens is 2. The summed E-state index contributed by atoms with van der Waals surface area (Å²) in [5.74, 6) is -0.516. The van der Waals surface area contributed by atoms with Crippen LogP contribution in [0.2, 0.25) is 0 Å². The van der Waals surface area contributed by atoms with Crippen molar-refractivity contribution in [2.75, 3.05) is 12.4 Å². The molecule has 0 radical (unpaired) electrons. The molecule has 0 aromatic heterocycles. The average molecular weight is 287 g/mol. The molecule has 0 unspecified atom stereocenters. The van der Waals surface area contributed by atoms with Crippen LogP contribution in [-0.4, -0.2) is 24.4 Å². The van der Waals surface area contributed by atoms with Crippen LogP contribution in [0, 0.1) is 12.7 Å². The largest absolute Gasteiger partial charge is 0.337 e. The van der Waals surface area contributed by atoms with E-state index >= 15 is 0 Å². The first kappa shape index (κ1) is 15.4. The van der Waals surface area contributed by atoms with E-state index in [0.717, 1.165) is 11.1 Å². The van der Waals surface area contributed by atoms with Crippen LogP contribution in [0.15, 0.2) is 18.2 Å². The topological polar surface area (TPSA) is 58.2 Å². The number of rotatable bonds is 5. The summed E-state index contributed by atoms with van der Waals surface area (Å²) in [4.78, 5) is 22.4. The predicted molar refractivity (Wildman–Crippen MR) is 71.7 cm³/mol. The zero-order valence-electron chi connectivity index (χ0n) is 10.6. The Morgan fingerprint density at radius 1 is 1.37 bits per heavy atom. The quantitative estimate of drug-likeness (QED) is 0.815. The molecule has 0 aliphatic carbocycles. The van der Waals surface area contributed by atoms with Crippen LogP contribution >= 0.6 is 11.6 Å². The number of nitrogens with one attached hydrogen (secondary N) is 2. The molecule has 3 amide bonds. The molecule has 1 rings (SSSR count). The average Bonchev–Trinajstić information content (AvgIpc) is 2.32. The number of alkyl halides is 1. The highest BCUT2D eigenvalue weighted by Crippen LogP contribution is 2.10. The Kier molecular flexibility index (Phi) is 6.29. The second-order valence-electron chi connectivity index (χ2n) is 4.06. The van der Waals surface area contributed by atoms with Gasteiger partial charge in [0.25, 0.3) is 0 Å². The van der Waals surface area contributed by atoms with Gasteiger partial charge in [0.05, 0.1) is 0 Å². The zero-order valence-corrected chi connectivity index (χ0v) is 11.4. The SMILES string of the molecule is Cc1cc(F)ccc1CCNC(=O)NC(=O)CCCl. The van der Waals surface area contributed by atoms with Gasteiger partial charge >= 0.3 is 6.03 Å². The van der Waals surface area contributed by atoms with Crippen molar-refractivity contribution >= 4 is 23.5 Å². The van der Waals surface area contributed by atoms with Crippen LogP contribution in [0.25, 0.3) is 0 Å². The van der Waals surface area contributed by atoms with E-state index < -0.39 is 11.9 Å². The molecule has 0 bridgehead atoms. The number of hydrogen-bond acceptors (Lipinski definition) is 2. The Labute approximate surface area is 116 Å². The predicted octanol–water partition coefficient (Wildman–Crippen LogP) is 2.13. The summed E-state index contributed by atoms with van der Waals surface area (Å²) in [6, 6.07) is 3.96. The number of carbonyl (C=O) groups excluding carboxylic acids is 2. The van der Waals surface area contributed by atoms with Crippen LogP contribution in [0.5, 0.6) is 0 Å². The molecule has 0 aliphatic rings. The number of amides is 3. The lowest BCUT2D eigenvalue weighted by Gasteiger charge is -2.08. The molecule has 4 nitrogen and oxygen atoms in total. The van der Waals surface area contributed by atoms with Crippen molar-refractivity contribution in [2.45, 2.75) is 19.8 Å². The molecule has 2 N–H and O–H groups in total. The van der Waals surface area contributed by atoms with Gasteiger partial charge < -0.3 is 5.32 Å². The molecule has 0 spiro atoms. The van der Waals surface area contributed by atoms with Gasteiger partial charge in [0.15, 0.2) is 0 Å². The fourth-order valence-corrected chi connectivity index (χ4v) is 1.74. The smallest absolute Gasteiger partial charge is 0.321 e. The highest BCUT2D eigenvalue weighted by molar-refractivity contribution is 6.19. The lowest BCUT2D eigenvalue weighted by atomic mass is 10.1. The number of urea groups is 1. The standard InChI is InChI=1S/C13H16ClFN2O2/c1-9-8-11(15)3-2-10(9)5-7-16-13(19)17-12(18)4-6-14/h2-3,8H,4-7H2,1H3,(H2,16,17,18,19). The van der Waals surface area contributed by atoms with Gasteiger partial charge in [0.2, 0.25) is 5.91 Å². The summed E-state index contributed by atoms with van der Waals surface area (Å²) < 4.78 is 12.9. The first-order valence-electron chi connectivity index (χ1n) is 5.91. The van der Waals surface area contributed by atoms with Gasteiger partial charge in [-0.2, -0.15) is 0 Å². The Morgan fingerprint density at radius 3 is 2.74 bits per heavy atom. The van der Waals surface area contributed by atoms with Crippen molar-refractivity contribution in [1.82, 2.24) is 10.6 Å². The summed E-state index contributed by atoms with van der Waals surface area (Å²) in [5, 5.41) is 4.71. The number of imide groups is 1. The molecular formula is C13H16ClFN2O2. The van der Waals surface area contributed by atoms with Crippen molar-refractivity contribution in [1.29, 1.82) is 0 Å². The monoisotopic (exact) mass is 286 g/mol. The molecule has 104 valence electrons. The summed E-state index contributed by atoms with van der Waals surface area (Å²) >= 11 is 5.37. The fourth-order valence-electron chi connectivity index (χ4n) is 1.57. The van der Waals surface area contributed by atoms with Crippen LogP contribution in [0.1, 0.15) is 17.5 Å². The van der Waals surface area contributed by atoms with Gasteiger partial charge in [-0.05, 0) is 36.6 Å². The van der Waals surface area contributed by atoms with E-state index in [9.17, 15) is 14.0 Å². The Bertz CT molecular complexity index is 466. The molecule has 19 heavy (non-hydrogen) atoms. The van der Waals surface area contributed by atoms with Crippen molar-refractivity contribution < 1.29 is 14.0 Å². The Morgan fingerprint density at radius 2 is 2.11 bits per heavy atom. The van der Waals surface area contributed by atoms with E-state index in [1.54, 1.807) is 6.07 Å². The van der Waals surface area contributed by atoms with E-state index in [1.807, 2.05) is 6.92 Å². The third-order valence-electron chi connectivity index (χ3n) is 2.56. The maximum absolute atomic E-state index is 12.9. The second kappa shape index (κ2) is 7.74. The third kappa shape index (κ3) is 5.70. The number of hydrogen-bond donors (Lipinski definition) is 2. The van der Waals surface area contributed by atoms with Crippen LogP contribution in [-0.2, 0) is 11.2 Å². The molecule has 0 atom stereocenters. The first-order valence-corrected chi connectivity index (χ1v) is 6.45. The summed E-state index contributed by atoms with van der Waals surface area (Å²) in [5.41, 5.74) is 1.79. The summed E-state index contributed by atoms with van der Waals surface area (Å²) in [7, 11) is 0. The zero-order chi connectivity index (χ0) is 14.3. The molecule has 1 aromatic carbocycles. The van der Waals surface area contributed by atoms with Crippen LogP contribution in [0.3, 0.4) is 0 Å². The Hall–Kier alpha value is -1.62. The lowest BCUT2D eigenvalue weighted by Crippen LogP contribution is -2.40. The molecule has 0 heterocycles. The van der Waals surface area contributed by atoms with E-state index in [0.29, 0.717) is 13.0 Å². The normalized spacial score (nSPS) is 10.1. The Balaban J connectivity index is 2.33. The van der Waals surface area contributed by atoms with Crippen LogP contribution < -0.4 is 10.6 Å². The van der Waals surface area contributed by atoms with Gasteiger partial charge in [-0.25, -0.2) is 9.18 Å². The minimum absolute atomic E-state index is 0.103. The van der Waals surface area contributed by atoms with Crippen LogP contribution in [0.4, 0.5) is 9.18 Å². The molecule has 0 saturated carbocycles. The first-order chi connectivity index (χ1) is 9.02. The van der Waals surface area contributed by atoms with Crippen molar-refractivity contribution in [2.24, 2.45) is 0 Å².